The summed E-state index contributed by atoms with van der Waals surface area (Å²) < 4.78 is 10.4. The molecule has 0 aliphatic heterocycles. The second-order valence-electron chi connectivity index (χ2n) is 5.83. The molecule has 0 spiro atoms. The van der Waals surface area contributed by atoms with Crippen LogP contribution in [0.1, 0.15) is 24.2 Å². The minimum absolute atomic E-state index is 0.0675. The van der Waals surface area contributed by atoms with Gasteiger partial charge in [-0.3, -0.25) is 14.4 Å². The minimum Gasteiger partial charge on any atom is -0.493 e. The number of hydrogen-bond donors (Lipinski definition) is 1. The van der Waals surface area contributed by atoms with Crippen molar-refractivity contribution in [3.63, 3.8) is 0 Å². The maximum absolute atomic E-state index is 12.4. The predicted octanol–water partition coefficient (Wildman–Crippen LogP) is 2.90. The number of ether oxygens (including phenoxy) is 2. The molecule has 142 valence electrons. The fourth-order valence-corrected chi connectivity index (χ4v) is 2.52. The molecule has 0 saturated carbocycles. The molecular formula is C20H22N2O5. The second kappa shape index (κ2) is 8.84. The number of amides is 2. The van der Waals surface area contributed by atoms with E-state index in [4.69, 9.17) is 9.47 Å². The van der Waals surface area contributed by atoms with Crippen LogP contribution in [0.5, 0.6) is 11.5 Å². The first kappa shape index (κ1) is 20.0. The summed E-state index contributed by atoms with van der Waals surface area (Å²) in [7, 11) is 3.03. The van der Waals surface area contributed by atoms with Crippen LogP contribution >= 0.6 is 0 Å². The van der Waals surface area contributed by atoms with Gasteiger partial charge in [0, 0.05) is 29.9 Å². The van der Waals surface area contributed by atoms with Crippen LogP contribution < -0.4 is 19.7 Å². The second-order valence-corrected chi connectivity index (χ2v) is 5.83. The summed E-state index contributed by atoms with van der Waals surface area (Å²) in [5, 5.41) is 2.73. The Bertz CT molecular complexity index is 846. The van der Waals surface area contributed by atoms with Crippen LogP contribution in [0.2, 0.25) is 0 Å². The van der Waals surface area contributed by atoms with Crippen LogP contribution in [0.3, 0.4) is 0 Å². The van der Waals surface area contributed by atoms with Gasteiger partial charge in [0.25, 0.3) is 0 Å². The van der Waals surface area contributed by atoms with Crippen molar-refractivity contribution in [2.24, 2.45) is 0 Å². The third kappa shape index (κ3) is 5.07. The van der Waals surface area contributed by atoms with Gasteiger partial charge >= 0.3 is 0 Å². The zero-order valence-electron chi connectivity index (χ0n) is 15.7. The molecule has 0 heterocycles. The lowest BCUT2D eigenvalue weighted by molar-refractivity contribution is -0.120. The van der Waals surface area contributed by atoms with E-state index in [0.717, 1.165) is 0 Å². The van der Waals surface area contributed by atoms with Gasteiger partial charge in [0.1, 0.15) is 6.54 Å². The van der Waals surface area contributed by atoms with E-state index in [0.29, 0.717) is 28.4 Å². The number of benzene rings is 2. The molecular weight excluding hydrogens is 348 g/mol. The molecule has 0 aliphatic carbocycles. The fourth-order valence-electron chi connectivity index (χ4n) is 2.52. The van der Waals surface area contributed by atoms with Gasteiger partial charge in [0.15, 0.2) is 17.3 Å². The maximum Gasteiger partial charge on any atom is 0.244 e. The van der Waals surface area contributed by atoms with Gasteiger partial charge in [-0.15, -0.1) is 0 Å². The van der Waals surface area contributed by atoms with E-state index in [-0.39, 0.29) is 24.1 Å². The minimum atomic E-state index is -0.368. The number of nitrogens with one attached hydrogen (secondary N) is 1. The smallest absolute Gasteiger partial charge is 0.244 e. The van der Waals surface area contributed by atoms with Crippen LogP contribution in [0, 0.1) is 0 Å². The van der Waals surface area contributed by atoms with Gasteiger partial charge in [-0.1, -0.05) is 0 Å². The molecule has 0 bridgehead atoms. The maximum atomic E-state index is 12.4. The highest BCUT2D eigenvalue weighted by molar-refractivity contribution is 6.02. The van der Waals surface area contributed by atoms with E-state index in [1.54, 1.807) is 42.5 Å². The summed E-state index contributed by atoms with van der Waals surface area (Å²) in [6, 6.07) is 11.5. The number of ketones is 1. The number of anilines is 2. The van der Waals surface area contributed by atoms with E-state index >= 15 is 0 Å². The molecule has 0 fully saturated rings. The van der Waals surface area contributed by atoms with Crippen molar-refractivity contribution in [3.8, 4) is 11.5 Å². The first-order valence-corrected chi connectivity index (χ1v) is 8.26. The van der Waals surface area contributed by atoms with Crippen molar-refractivity contribution in [1.82, 2.24) is 0 Å². The molecule has 0 saturated heterocycles. The molecule has 27 heavy (non-hydrogen) atoms. The normalized spacial score (nSPS) is 10.1. The fraction of sp³-hybridized carbons (Fsp3) is 0.250. The average Bonchev–Trinajstić information content (AvgIpc) is 2.65. The summed E-state index contributed by atoms with van der Waals surface area (Å²) in [5.74, 6) is 0.313. The molecule has 0 atom stereocenters. The summed E-state index contributed by atoms with van der Waals surface area (Å²) in [4.78, 5) is 37.1. The number of hydrogen-bond acceptors (Lipinski definition) is 5. The average molecular weight is 370 g/mol. The number of carbonyl (C=O) groups excluding carboxylic acids is 3. The lowest BCUT2D eigenvalue weighted by Crippen LogP contribution is -2.36. The highest BCUT2D eigenvalue weighted by Crippen LogP contribution is 2.29. The standard InChI is InChI=1S/C20H22N2O5/c1-13(23)15-5-8-17(9-6-15)22(14(2)24)12-20(25)21-16-7-10-18(26-3)19(11-16)27-4/h5-11H,12H2,1-4H3,(H,21,25). The third-order valence-corrected chi connectivity index (χ3v) is 3.93. The van der Waals surface area contributed by atoms with Crippen LogP contribution in [0.15, 0.2) is 42.5 Å². The zero-order valence-corrected chi connectivity index (χ0v) is 15.7. The molecule has 0 radical (unpaired) electrons. The Hall–Kier alpha value is -3.35. The summed E-state index contributed by atoms with van der Waals surface area (Å²) in [6.45, 7) is 2.68. The van der Waals surface area contributed by atoms with Crippen molar-refractivity contribution in [3.05, 3.63) is 48.0 Å². The highest BCUT2D eigenvalue weighted by Gasteiger charge is 2.17. The number of Topliss-reactive ketones (excluding diaryl/α,β-unsaturated/α-hetero) is 1. The monoisotopic (exact) mass is 370 g/mol. The van der Waals surface area contributed by atoms with Crippen LogP contribution in [0.4, 0.5) is 11.4 Å². The molecule has 0 aromatic heterocycles. The summed E-state index contributed by atoms with van der Waals surface area (Å²) in [5.41, 5.74) is 1.60. The van der Waals surface area contributed by atoms with Crippen molar-refractivity contribution >= 4 is 29.0 Å². The molecule has 7 nitrogen and oxygen atoms in total. The Kier molecular flexibility index (Phi) is 6.54. The lowest BCUT2D eigenvalue weighted by atomic mass is 10.1. The third-order valence-electron chi connectivity index (χ3n) is 3.93. The highest BCUT2D eigenvalue weighted by atomic mass is 16.5. The van der Waals surface area contributed by atoms with Crippen molar-refractivity contribution < 1.29 is 23.9 Å². The Morgan fingerprint density at radius 3 is 2.07 bits per heavy atom. The molecule has 1 N–H and O–H groups in total. The van der Waals surface area contributed by atoms with Gasteiger partial charge in [-0.25, -0.2) is 0 Å². The molecule has 0 unspecified atom stereocenters. The molecule has 2 aromatic carbocycles. The molecule has 2 aromatic rings. The number of carbonyl (C=O) groups is 3. The van der Waals surface area contributed by atoms with Crippen LogP contribution in [-0.4, -0.2) is 38.4 Å². The van der Waals surface area contributed by atoms with Gasteiger partial charge < -0.3 is 19.7 Å². The Labute approximate surface area is 157 Å². The van der Waals surface area contributed by atoms with Crippen molar-refractivity contribution in [2.45, 2.75) is 13.8 Å². The molecule has 7 heteroatoms. The molecule has 2 amide bonds. The Morgan fingerprint density at radius 1 is 0.926 bits per heavy atom. The quantitative estimate of drug-likeness (QED) is 0.758. The van der Waals surface area contributed by atoms with Crippen molar-refractivity contribution in [2.75, 3.05) is 31.0 Å². The Morgan fingerprint density at radius 2 is 1.56 bits per heavy atom. The van der Waals surface area contributed by atoms with Crippen LogP contribution in [-0.2, 0) is 9.59 Å². The topological polar surface area (TPSA) is 84.9 Å². The van der Waals surface area contributed by atoms with Crippen LogP contribution in [0.25, 0.3) is 0 Å². The number of nitrogens with zero attached hydrogens (tertiary/aromatic N) is 1. The van der Waals surface area contributed by atoms with E-state index < -0.39 is 0 Å². The van der Waals surface area contributed by atoms with Gasteiger partial charge in [-0.2, -0.15) is 0 Å². The van der Waals surface area contributed by atoms with E-state index in [1.165, 1.54) is 33.0 Å². The predicted molar refractivity (Wildman–Crippen MR) is 103 cm³/mol. The molecule has 2 rings (SSSR count). The lowest BCUT2D eigenvalue weighted by Gasteiger charge is -2.21. The van der Waals surface area contributed by atoms with Gasteiger partial charge in [0.05, 0.1) is 14.2 Å². The Balaban J connectivity index is 2.13. The molecule has 0 aliphatic rings. The van der Waals surface area contributed by atoms with E-state index in [9.17, 15) is 14.4 Å². The number of methoxy groups -OCH3 is 2. The van der Waals surface area contributed by atoms with E-state index in [1.807, 2.05) is 0 Å². The SMILES string of the molecule is COc1ccc(NC(=O)CN(C(C)=O)c2ccc(C(C)=O)cc2)cc1OC. The van der Waals surface area contributed by atoms with Gasteiger partial charge in [0.2, 0.25) is 11.8 Å². The zero-order chi connectivity index (χ0) is 20.0. The first-order valence-electron chi connectivity index (χ1n) is 8.26. The van der Waals surface area contributed by atoms with E-state index in [2.05, 4.69) is 5.32 Å². The van der Waals surface area contributed by atoms with Gasteiger partial charge in [-0.05, 0) is 43.3 Å². The largest absolute Gasteiger partial charge is 0.493 e. The summed E-state index contributed by atoms with van der Waals surface area (Å²) in [6.07, 6.45) is 0. The summed E-state index contributed by atoms with van der Waals surface area (Å²) >= 11 is 0. The number of rotatable bonds is 7. The van der Waals surface area contributed by atoms with Crippen molar-refractivity contribution in [1.29, 1.82) is 0 Å². The first-order chi connectivity index (χ1) is 12.8.